The summed E-state index contributed by atoms with van der Waals surface area (Å²) in [5.41, 5.74) is 1.93. The summed E-state index contributed by atoms with van der Waals surface area (Å²) in [6, 6.07) is 4.03. The fourth-order valence-corrected chi connectivity index (χ4v) is 2.16. The molecule has 0 saturated carbocycles. The number of hydrogen-bond acceptors (Lipinski definition) is 4. The Balaban J connectivity index is 2.20. The zero-order chi connectivity index (χ0) is 11.5. The summed E-state index contributed by atoms with van der Waals surface area (Å²) in [5.74, 6) is 0.791. The SMILES string of the molecule is Cc1cc(C2CCN(C)CC2)nc(C#N)n1. The van der Waals surface area contributed by atoms with Crippen molar-refractivity contribution in [1.82, 2.24) is 14.9 Å². The third-order valence-corrected chi connectivity index (χ3v) is 3.11. The lowest BCUT2D eigenvalue weighted by molar-refractivity contribution is 0.253. The van der Waals surface area contributed by atoms with Crippen molar-refractivity contribution in [3.8, 4) is 6.07 Å². The van der Waals surface area contributed by atoms with Crippen molar-refractivity contribution in [1.29, 1.82) is 5.26 Å². The molecule has 0 N–H and O–H groups in total. The zero-order valence-electron chi connectivity index (χ0n) is 9.77. The summed E-state index contributed by atoms with van der Waals surface area (Å²) < 4.78 is 0. The van der Waals surface area contributed by atoms with Crippen molar-refractivity contribution in [2.45, 2.75) is 25.7 Å². The minimum atomic E-state index is 0.300. The largest absolute Gasteiger partial charge is 0.306 e. The summed E-state index contributed by atoms with van der Waals surface area (Å²) in [4.78, 5) is 10.7. The van der Waals surface area contributed by atoms with Gasteiger partial charge >= 0.3 is 0 Å². The highest BCUT2D eigenvalue weighted by atomic mass is 15.1. The third kappa shape index (κ3) is 2.37. The maximum absolute atomic E-state index is 8.84. The summed E-state index contributed by atoms with van der Waals surface area (Å²) in [6.07, 6.45) is 2.25. The molecule has 0 spiro atoms. The number of likely N-dealkylation sites (tertiary alicyclic amines) is 1. The van der Waals surface area contributed by atoms with Crippen molar-refractivity contribution in [2.24, 2.45) is 0 Å². The van der Waals surface area contributed by atoms with Crippen LogP contribution in [0.25, 0.3) is 0 Å². The van der Waals surface area contributed by atoms with Gasteiger partial charge in [-0.3, -0.25) is 0 Å². The van der Waals surface area contributed by atoms with E-state index < -0.39 is 0 Å². The molecule has 0 radical (unpaired) electrons. The highest BCUT2D eigenvalue weighted by molar-refractivity contribution is 5.20. The highest BCUT2D eigenvalue weighted by Gasteiger charge is 2.20. The van der Waals surface area contributed by atoms with Gasteiger partial charge < -0.3 is 4.90 Å². The van der Waals surface area contributed by atoms with Crippen LogP contribution in [0.1, 0.15) is 36.0 Å². The maximum atomic E-state index is 8.84. The number of aryl methyl sites for hydroxylation is 1. The van der Waals surface area contributed by atoms with Crippen LogP contribution in [0.15, 0.2) is 6.07 Å². The molecule has 1 aromatic heterocycles. The predicted molar refractivity (Wildman–Crippen MR) is 61.0 cm³/mol. The Morgan fingerprint density at radius 3 is 2.69 bits per heavy atom. The summed E-state index contributed by atoms with van der Waals surface area (Å²) in [6.45, 7) is 4.13. The van der Waals surface area contributed by atoms with Gasteiger partial charge in [0.15, 0.2) is 0 Å². The number of rotatable bonds is 1. The molecule has 4 heteroatoms. The second kappa shape index (κ2) is 4.58. The number of hydrogen-bond donors (Lipinski definition) is 0. The molecule has 0 aliphatic carbocycles. The van der Waals surface area contributed by atoms with Crippen LogP contribution in [0.5, 0.6) is 0 Å². The standard InChI is InChI=1S/C12H16N4/c1-9-7-11(15-12(8-13)14-9)10-3-5-16(2)6-4-10/h7,10H,3-6H2,1-2H3. The molecular weight excluding hydrogens is 200 g/mol. The quantitative estimate of drug-likeness (QED) is 0.713. The van der Waals surface area contributed by atoms with Crippen LogP contribution < -0.4 is 0 Å². The highest BCUT2D eigenvalue weighted by Crippen LogP contribution is 2.26. The third-order valence-electron chi connectivity index (χ3n) is 3.11. The van der Waals surface area contributed by atoms with E-state index in [0.717, 1.165) is 37.3 Å². The maximum Gasteiger partial charge on any atom is 0.232 e. The summed E-state index contributed by atoms with van der Waals surface area (Å²) in [5, 5.41) is 8.84. The second-order valence-corrected chi connectivity index (χ2v) is 4.45. The fraction of sp³-hybridized carbons (Fsp3) is 0.583. The monoisotopic (exact) mass is 216 g/mol. The van der Waals surface area contributed by atoms with Gasteiger partial charge in [-0.2, -0.15) is 5.26 Å². The van der Waals surface area contributed by atoms with E-state index in [1.165, 1.54) is 0 Å². The molecule has 84 valence electrons. The van der Waals surface area contributed by atoms with E-state index in [0.29, 0.717) is 11.7 Å². The Hall–Kier alpha value is -1.47. The molecule has 1 fully saturated rings. The topological polar surface area (TPSA) is 52.8 Å². The molecule has 16 heavy (non-hydrogen) atoms. The lowest BCUT2D eigenvalue weighted by Crippen LogP contribution is -2.29. The van der Waals surface area contributed by atoms with Gasteiger partial charge in [0.2, 0.25) is 5.82 Å². The van der Waals surface area contributed by atoms with E-state index in [1.54, 1.807) is 0 Å². The summed E-state index contributed by atoms with van der Waals surface area (Å²) >= 11 is 0. The molecule has 2 heterocycles. The van der Waals surface area contributed by atoms with E-state index >= 15 is 0 Å². The molecule has 0 aromatic carbocycles. The Kier molecular flexibility index (Phi) is 3.16. The molecule has 1 aromatic rings. The van der Waals surface area contributed by atoms with Gasteiger partial charge in [-0.25, -0.2) is 9.97 Å². The molecule has 2 rings (SSSR count). The molecule has 1 aliphatic heterocycles. The predicted octanol–water partition coefficient (Wildman–Crippen LogP) is 1.47. The zero-order valence-corrected chi connectivity index (χ0v) is 9.77. The second-order valence-electron chi connectivity index (χ2n) is 4.45. The first-order chi connectivity index (χ1) is 7.69. The lowest BCUT2D eigenvalue weighted by atomic mass is 9.93. The molecule has 0 amide bonds. The van der Waals surface area contributed by atoms with E-state index in [4.69, 9.17) is 5.26 Å². The van der Waals surface area contributed by atoms with Gasteiger partial charge in [0.25, 0.3) is 0 Å². The number of aromatic nitrogens is 2. The molecule has 0 bridgehead atoms. The minimum Gasteiger partial charge on any atom is -0.306 e. The Morgan fingerprint density at radius 2 is 2.06 bits per heavy atom. The first-order valence-electron chi connectivity index (χ1n) is 5.63. The molecule has 4 nitrogen and oxygen atoms in total. The molecule has 1 saturated heterocycles. The minimum absolute atomic E-state index is 0.300. The number of nitrogens with zero attached hydrogens (tertiary/aromatic N) is 4. The summed E-state index contributed by atoms with van der Waals surface area (Å²) in [7, 11) is 2.14. The molecular formula is C12H16N4. The lowest BCUT2D eigenvalue weighted by Gasteiger charge is -2.28. The van der Waals surface area contributed by atoms with Gasteiger partial charge in [-0.15, -0.1) is 0 Å². The van der Waals surface area contributed by atoms with Crippen LogP contribution in [0, 0.1) is 18.3 Å². The fourth-order valence-electron chi connectivity index (χ4n) is 2.16. The first kappa shape index (κ1) is 11.0. The van der Waals surface area contributed by atoms with Gasteiger partial charge in [0, 0.05) is 17.3 Å². The average molecular weight is 216 g/mol. The van der Waals surface area contributed by atoms with E-state index in [9.17, 15) is 0 Å². The Labute approximate surface area is 95.9 Å². The molecule has 0 unspecified atom stereocenters. The average Bonchev–Trinajstić information content (AvgIpc) is 2.29. The van der Waals surface area contributed by atoms with Crippen molar-refractivity contribution in [2.75, 3.05) is 20.1 Å². The smallest absolute Gasteiger partial charge is 0.232 e. The van der Waals surface area contributed by atoms with Crippen LogP contribution in [0.2, 0.25) is 0 Å². The van der Waals surface area contributed by atoms with Crippen molar-refractivity contribution in [3.05, 3.63) is 23.3 Å². The van der Waals surface area contributed by atoms with Crippen molar-refractivity contribution >= 4 is 0 Å². The Bertz CT molecular complexity index is 414. The van der Waals surface area contributed by atoms with E-state index in [1.807, 2.05) is 19.1 Å². The van der Waals surface area contributed by atoms with Crippen LogP contribution in [0.3, 0.4) is 0 Å². The normalized spacial score (nSPS) is 18.3. The number of nitriles is 1. The van der Waals surface area contributed by atoms with Crippen LogP contribution in [-0.2, 0) is 0 Å². The van der Waals surface area contributed by atoms with E-state index in [-0.39, 0.29) is 0 Å². The molecule has 0 atom stereocenters. The molecule has 1 aliphatic rings. The number of piperidine rings is 1. The first-order valence-corrected chi connectivity index (χ1v) is 5.63. The van der Waals surface area contributed by atoms with Gasteiger partial charge in [-0.1, -0.05) is 0 Å². The van der Waals surface area contributed by atoms with Crippen LogP contribution in [0.4, 0.5) is 0 Å². The van der Waals surface area contributed by atoms with Gasteiger partial charge in [-0.05, 0) is 46.0 Å². The van der Waals surface area contributed by atoms with Gasteiger partial charge in [0.05, 0.1) is 0 Å². The van der Waals surface area contributed by atoms with Crippen molar-refractivity contribution in [3.63, 3.8) is 0 Å². The van der Waals surface area contributed by atoms with Gasteiger partial charge in [0.1, 0.15) is 6.07 Å². The van der Waals surface area contributed by atoms with E-state index in [2.05, 4.69) is 21.9 Å². The van der Waals surface area contributed by atoms with Crippen molar-refractivity contribution < 1.29 is 0 Å². The van der Waals surface area contributed by atoms with Crippen LogP contribution in [-0.4, -0.2) is 35.0 Å². The Morgan fingerprint density at radius 1 is 1.38 bits per heavy atom. The van der Waals surface area contributed by atoms with Crippen LogP contribution >= 0.6 is 0 Å².